The molecule has 2 N–H and O–H groups in total. The van der Waals surface area contributed by atoms with E-state index in [0.717, 1.165) is 12.1 Å². The maximum absolute atomic E-state index is 13.2. The van der Waals surface area contributed by atoms with Crippen LogP contribution in [-0.2, 0) is 0 Å². The predicted molar refractivity (Wildman–Crippen MR) is 76.1 cm³/mol. The first-order valence-corrected chi connectivity index (χ1v) is 6.38. The van der Waals surface area contributed by atoms with Crippen LogP contribution in [0.4, 0.5) is 14.5 Å². The number of aromatic nitrogens is 3. The van der Waals surface area contributed by atoms with Crippen LogP contribution < -0.4 is 5.32 Å². The largest absolute Gasteiger partial charge is 0.320 e. The number of amides is 1. The van der Waals surface area contributed by atoms with E-state index in [1.165, 1.54) is 6.07 Å². The number of carbonyl (C=O) groups is 1. The van der Waals surface area contributed by atoms with E-state index < -0.39 is 17.5 Å². The molecule has 0 bridgehead atoms. The molecule has 5 nitrogen and oxygen atoms in total. The molecule has 1 aromatic heterocycles. The van der Waals surface area contributed by atoms with Crippen LogP contribution in [0, 0.1) is 11.6 Å². The molecule has 0 aliphatic carbocycles. The number of halogens is 2. The van der Waals surface area contributed by atoms with Gasteiger partial charge in [-0.05, 0) is 12.1 Å². The van der Waals surface area contributed by atoms with E-state index >= 15 is 0 Å². The number of anilines is 1. The van der Waals surface area contributed by atoms with Crippen LogP contribution in [0.5, 0.6) is 0 Å². The number of hydrogen-bond donors (Lipinski definition) is 2. The average Bonchev–Trinajstić information content (AvgIpc) is 3.01. The summed E-state index contributed by atoms with van der Waals surface area (Å²) in [5.74, 6) is -2.59. The van der Waals surface area contributed by atoms with Gasteiger partial charge in [-0.15, -0.1) is 0 Å². The van der Waals surface area contributed by atoms with Gasteiger partial charge in [0.05, 0.1) is 0 Å². The van der Waals surface area contributed by atoms with Crippen LogP contribution in [0.3, 0.4) is 0 Å². The Kier molecular flexibility index (Phi) is 3.61. The standard InChI is InChI=1S/C15H10F2N4O/c16-11-7-6-10(8-12(11)17)18-15(22)14-13(19-21-20-14)9-4-2-1-3-5-9/h1-8H,(H,18,22)(H,19,20,21). The van der Waals surface area contributed by atoms with Crippen LogP contribution in [0.2, 0.25) is 0 Å². The van der Waals surface area contributed by atoms with Crippen molar-refractivity contribution in [1.82, 2.24) is 15.4 Å². The second-order valence-electron chi connectivity index (χ2n) is 4.47. The van der Waals surface area contributed by atoms with E-state index in [1.807, 2.05) is 6.07 Å². The molecular formula is C15H10F2N4O. The molecule has 0 unspecified atom stereocenters. The van der Waals surface area contributed by atoms with Crippen molar-refractivity contribution in [2.45, 2.75) is 0 Å². The molecule has 0 fully saturated rings. The summed E-state index contributed by atoms with van der Waals surface area (Å²) in [5, 5.41) is 12.6. The molecule has 1 heterocycles. The molecule has 0 saturated heterocycles. The van der Waals surface area contributed by atoms with Gasteiger partial charge in [-0.2, -0.15) is 15.4 Å². The van der Waals surface area contributed by atoms with Crippen molar-refractivity contribution in [3.63, 3.8) is 0 Å². The fourth-order valence-corrected chi connectivity index (χ4v) is 1.95. The van der Waals surface area contributed by atoms with Gasteiger partial charge >= 0.3 is 0 Å². The molecule has 3 rings (SSSR count). The van der Waals surface area contributed by atoms with Crippen molar-refractivity contribution in [2.24, 2.45) is 0 Å². The average molecular weight is 300 g/mol. The van der Waals surface area contributed by atoms with Crippen molar-refractivity contribution < 1.29 is 13.6 Å². The SMILES string of the molecule is O=C(Nc1ccc(F)c(F)c1)c1n[nH]nc1-c1ccccc1. The van der Waals surface area contributed by atoms with Gasteiger partial charge in [0.15, 0.2) is 17.3 Å². The summed E-state index contributed by atoms with van der Waals surface area (Å²) < 4.78 is 26.0. The summed E-state index contributed by atoms with van der Waals surface area (Å²) in [7, 11) is 0. The Balaban J connectivity index is 1.87. The minimum absolute atomic E-state index is 0.0657. The fourth-order valence-electron chi connectivity index (χ4n) is 1.95. The molecule has 22 heavy (non-hydrogen) atoms. The van der Waals surface area contributed by atoms with Crippen molar-refractivity contribution in [1.29, 1.82) is 0 Å². The van der Waals surface area contributed by atoms with Gasteiger partial charge in [-0.1, -0.05) is 30.3 Å². The van der Waals surface area contributed by atoms with Crippen LogP contribution in [-0.4, -0.2) is 21.3 Å². The Bertz CT molecular complexity index is 817. The lowest BCUT2D eigenvalue weighted by Gasteiger charge is -2.05. The Morgan fingerprint density at radius 1 is 1.00 bits per heavy atom. The molecule has 110 valence electrons. The van der Waals surface area contributed by atoms with Crippen LogP contribution in [0.1, 0.15) is 10.5 Å². The molecule has 0 atom stereocenters. The predicted octanol–water partition coefficient (Wildman–Crippen LogP) is 3.00. The zero-order chi connectivity index (χ0) is 15.5. The number of benzene rings is 2. The lowest BCUT2D eigenvalue weighted by atomic mass is 10.1. The van der Waals surface area contributed by atoms with E-state index in [4.69, 9.17) is 0 Å². The highest BCUT2D eigenvalue weighted by Gasteiger charge is 2.18. The quantitative estimate of drug-likeness (QED) is 0.781. The summed E-state index contributed by atoms with van der Waals surface area (Å²) >= 11 is 0. The van der Waals surface area contributed by atoms with Crippen molar-refractivity contribution in [3.05, 3.63) is 65.9 Å². The van der Waals surface area contributed by atoms with E-state index in [9.17, 15) is 13.6 Å². The van der Waals surface area contributed by atoms with Gasteiger partial charge in [0.25, 0.3) is 5.91 Å². The molecule has 0 aliphatic rings. The van der Waals surface area contributed by atoms with Gasteiger partial charge in [-0.3, -0.25) is 4.79 Å². The van der Waals surface area contributed by atoms with E-state index in [1.54, 1.807) is 24.3 Å². The molecule has 2 aromatic carbocycles. The molecule has 0 spiro atoms. The lowest BCUT2D eigenvalue weighted by molar-refractivity contribution is 0.102. The first-order chi connectivity index (χ1) is 10.6. The molecule has 0 aliphatic heterocycles. The second-order valence-corrected chi connectivity index (χ2v) is 4.47. The minimum atomic E-state index is -1.04. The summed E-state index contributed by atoms with van der Waals surface area (Å²) in [6.07, 6.45) is 0. The van der Waals surface area contributed by atoms with Gasteiger partial charge < -0.3 is 5.32 Å². The zero-order valence-corrected chi connectivity index (χ0v) is 11.2. The molecule has 0 radical (unpaired) electrons. The van der Waals surface area contributed by atoms with Crippen molar-refractivity contribution in [2.75, 3.05) is 5.32 Å². The third-order valence-corrected chi connectivity index (χ3v) is 2.99. The molecular weight excluding hydrogens is 290 g/mol. The monoisotopic (exact) mass is 300 g/mol. The number of H-pyrrole nitrogens is 1. The van der Waals surface area contributed by atoms with Gasteiger partial charge in [-0.25, -0.2) is 8.78 Å². The van der Waals surface area contributed by atoms with E-state index in [2.05, 4.69) is 20.7 Å². The second kappa shape index (κ2) is 5.72. The Labute approximate surface area is 124 Å². The number of nitrogens with one attached hydrogen (secondary N) is 2. The number of aromatic amines is 1. The van der Waals surface area contributed by atoms with E-state index in [0.29, 0.717) is 11.3 Å². The zero-order valence-electron chi connectivity index (χ0n) is 11.2. The summed E-state index contributed by atoms with van der Waals surface area (Å²) in [5.41, 5.74) is 1.29. The summed E-state index contributed by atoms with van der Waals surface area (Å²) in [4.78, 5) is 12.2. The molecule has 1 amide bonds. The van der Waals surface area contributed by atoms with Gasteiger partial charge in [0.1, 0.15) is 5.69 Å². The number of carbonyl (C=O) groups excluding carboxylic acids is 1. The van der Waals surface area contributed by atoms with Crippen LogP contribution in [0.25, 0.3) is 11.3 Å². The Hall–Kier alpha value is -3.09. The highest BCUT2D eigenvalue weighted by molar-refractivity contribution is 6.06. The highest BCUT2D eigenvalue weighted by atomic mass is 19.2. The first kappa shape index (κ1) is 13.9. The van der Waals surface area contributed by atoms with E-state index in [-0.39, 0.29) is 11.4 Å². The first-order valence-electron chi connectivity index (χ1n) is 6.38. The number of nitrogens with zero attached hydrogens (tertiary/aromatic N) is 2. The normalized spacial score (nSPS) is 10.5. The third-order valence-electron chi connectivity index (χ3n) is 2.99. The Morgan fingerprint density at radius 3 is 2.50 bits per heavy atom. The maximum atomic E-state index is 13.2. The van der Waals surface area contributed by atoms with Gasteiger partial charge in [0.2, 0.25) is 0 Å². The molecule has 3 aromatic rings. The molecule has 0 saturated carbocycles. The minimum Gasteiger partial charge on any atom is -0.320 e. The molecule has 7 heteroatoms. The number of rotatable bonds is 3. The summed E-state index contributed by atoms with van der Waals surface area (Å²) in [6.45, 7) is 0. The summed E-state index contributed by atoms with van der Waals surface area (Å²) in [6, 6.07) is 12.1. The third kappa shape index (κ3) is 2.69. The lowest BCUT2D eigenvalue weighted by Crippen LogP contribution is -2.14. The van der Waals surface area contributed by atoms with Crippen LogP contribution >= 0.6 is 0 Å². The fraction of sp³-hybridized carbons (Fsp3) is 0. The number of hydrogen-bond acceptors (Lipinski definition) is 3. The van der Waals surface area contributed by atoms with Crippen LogP contribution in [0.15, 0.2) is 48.5 Å². The smallest absolute Gasteiger partial charge is 0.278 e. The Morgan fingerprint density at radius 2 is 1.77 bits per heavy atom. The van der Waals surface area contributed by atoms with Gasteiger partial charge in [0, 0.05) is 17.3 Å². The van der Waals surface area contributed by atoms with Crippen molar-refractivity contribution in [3.8, 4) is 11.3 Å². The topological polar surface area (TPSA) is 70.7 Å². The van der Waals surface area contributed by atoms with Crippen molar-refractivity contribution >= 4 is 11.6 Å². The maximum Gasteiger partial charge on any atom is 0.278 e. The highest BCUT2D eigenvalue weighted by Crippen LogP contribution is 2.20.